The molecule has 5 nitrogen and oxygen atoms in total. The Kier molecular flexibility index (Phi) is 7.15. The van der Waals surface area contributed by atoms with Gasteiger partial charge in [-0.25, -0.2) is 9.97 Å². The van der Waals surface area contributed by atoms with E-state index in [0.717, 1.165) is 11.0 Å². The minimum Gasteiger partial charge on any atom is -0.471 e. The van der Waals surface area contributed by atoms with Crippen LogP contribution in [0.15, 0.2) is 12.5 Å². The summed E-state index contributed by atoms with van der Waals surface area (Å²) < 4.78 is 6.11. The maximum atomic E-state index is 8.95. The number of nitrogens with zero attached hydrogens (tertiary/aromatic N) is 3. The number of fused-ring (bicyclic) bond motifs is 1. The number of ether oxygens (including phenoxy) is 1. The Hall–Kier alpha value is -1.62. The molecular formula is C15H22ClN3O2. The SMILES string of the molecule is CC.COC=O.Cc1cn(C2CCC2)c2ncnc(Cl)c12. The third-order valence-electron chi connectivity index (χ3n) is 3.32. The fourth-order valence-electron chi connectivity index (χ4n) is 2.17. The third kappa shape index (κ3) is 3.94. The van der Waals surface area contributed by atoms with Gasteiger partial charge in [0, 0.05) is 12.2 Å². The highest BCUT2D eigenvalue weighted by Crippen LogP contribution is 2.36. The number of carbonyl (C=O) groups excluding carboxylic acids is 1. The lowest BCUT2D eigenvalue weighted by molar-refractivity contribution is -0.126. The van der Waals surface area contributed by atoms with Gasteiger partial charge in [0.1, 0.15) is 17.1 Å². The monoisotopic (exact) mass is 311 g/mol. The molecule has 21 heavy (non-hydrogen) atoms. The second-order valence-electron chi connectivity index (χ2n) is 4.50. The number of methoxy groups -OCH3 is 1. The fraction of sp³-hybridized carbons (Fsp3) is 0.533. The molecule has 0 N–H and O–H groups in total. The van der Waals surface area contributed by atoms with Crippen molar-refractivity contribution in [3.8, 4) is 0 Å². The van der Waals surface area contributed by atoms with Crippen molar-refractivity contribution in [2.24, 2.45) is 0 Å². The highest BCUT2D eigenvalue weighted by Gasteiger charge is 2.22. The van der Waals surface area contributed by atoms with E-state index in [1.807, 2.05) is 13.8 Å². The van der Waals surface area contributed by atoms with Crippen LogP contribution >= 0.6 is 11.6 Å². The molecule has 0 aromatic carbocycles. The van der Waals surface area contributed by atoms with Gasteiger partial charge >= 0.3 is 0 Å². The maximum Gasteiger partial charge on any atom is 0.292 e. The first-order valence-corrected chi connectivity index (χ1v) is 7.51. The van der Waals surface area contributed by atoms with Crippen molar-refractivity contribution in [1.29, 1.82) is 0 Å². The van der Waals surface area contributed by atoms with Crippen LogP contribution < -0.4 is 0 Å². The first kappa shape index (κ1) is 17.4. The number of hydrogen-bond donors (Lipinski definition) is 0. The van der Waals surface area contributed by atoms with E-state index in [1.165, 1.54) is 31.9 Å². The summed E-state index contributed by atoms with van der Waals surface area (Å²) in [5.41, 5.74) is 2.15. The summed E-state index contributed by atoms with van der Waals surface area (Å²) in [6.45, 7) is 6.44. The Labute approximate surface area is 130 Å². The van der Waals surface area contributed by atoms with Gasteiger partial charge in [-0.05, 0) is 31.7 Å². The molecule has 2 aromatic rings. The quantitative estimate of drug-likeness (QED) is 0.623. The number of hydrogen-bond acceptors (Lipinski definition) is 4. The van der Waals surface area contributed by atoms with Crippen LogP contribution in [0, 0.1) is 6.92 Å². The van der Waals surface area contributed by atoms with Gasteiger partial charge in [-0.3, -0.25) is 4.79 Å². The third-order valence-corrected chi connectivity index (χ3v) is 3.60. The predicted molar refractivity (Wildman–Crippen MR) is 84.6 cm³/mol. The Morgan fingerprint density at radius 2 is 2.00 bits per heavy atom. The van der Waals surface area contributed by atoms with E-state index in [-0.39, 0.29) is 0 Å². The average molecular weight is 312 g/mol. The molecule has 1 fully saturated rings. The summed E-state index contributed by atoms with van der Waals surface area (Å²) in [6.07, 6.45) is 7.52. The average Bonchev–Trinajstić information content (AvgIpc) is 2.78. The zero-order valence-corrected chi connectivity index (χ0v) is 13.7. The highest BCUT2D eigenvalue weighted by molar-refractivity contribution is 6.34. The molecule has 1 aliphatic carbocycles. The van der Waals surface area contributed by atoms with Gasteiger partial charge in [-0.2, -0.15) is 0 Å². The number of carbonyl (C=O) groups is 1. The van der Waals surface area contributed by atoms with Crippen LogP contribution in [0.3, 0.4) is 0 Å². The fourth-order valence-corrected chi connectivity index (χ4v) is 2.45. The summed E-state index contributed by atoms with van der Waals surface area (Å²) >= 11 is 6.08. The molecule has 2 heterocycles. The maximum absolute atomic E-state index is 8.95. The van der Waals surface area contributed by atoms with Gasteiger partial charge in [0.15, 0.2) is 0 Å². The molecule has 0 unspecified atom stereocenters. The molecule has 6 heteroatoms. The van der Waals surface area contributed by atoms with Crippen molar-refractivity contribution in [2.45, 2.75) is 46.1 Å². The molecule has 116 valence electrons. The second-order valence-corrected chi connectivity index (χ2v) is 4.86. The number of aryl methyl sites for hydroxylation is 1. The molecule has 0 aliphatic heterocycles. The Morgan fingerprint density at radius 1 is 1.38 bits per heavy atom. The largest absolute Gasteiger partial charge is 0.471 e. The van der Waals surface area contributed by atoms with E-state index in [4.69, 9.17) is 16.4 Å². The lowest BCUT2D eigenvalue weighted by atomic mass is 9.93. The van der Waals surface area contributed by atoms with E-state index in [2.05, 4.69) is 32.4 Å². The summed E-state index contributed by atoms with van der Waals surface area (Å²) in [5, 5.41) is 1.57. The van der Waals surface area contributed by atoms with Crippen molar-refractivity contribution in [1.82, 2.24) is 14.5 Å². The molecule has 2 aromatic heterocycles. The van der Waals surface area contributed by atoms with Crippen LogP contribution in [0.5, 0.6) is 0 Å². The minimum absolute atomic E-state index is 0.375. The molecule has 1 aliphatic rings. The Bertz CT molecular complexity index is 580. The molecule has 0 atom stereocenters. The molecule has 0 bridgehead atoms. The van der Waals surface area contributed by atoms with Gasteiger partial charge in [0.05, 0.1) is 12.5 Å². The smallest absolute Gasteiger partial charge is 0.292 e. The summed E-state index contributed by atoms with van der Waals surface area (Å²) in [4.78, 5) is 17.3. The van der Waals surface area contributed by atoms with E-state index < -0.39 is 0 Å². The van der Waals surface area contributed by atoms with E-state index in [1.54, 1.807) is 6.33 Å². The van der Waals surface area contributed by atoms with Crippen molar-refractivity contribution < 1.29 is 9.53 Å². The van der Waals surface area contributed by atoms with Crippen molar-refractivity contribution >= 4 is 29.1 Å². The minimum atomic E-state index is 0.375. The highest BCUT2D eigenvalue weighted by atomic mass is 35.5. The topological polar surface area (TPSA) is 57.0 Å². The lowest BCUT2D eigenvalue weighted by Gasteiger charge is -2.27. The zero-order chi connectivity index (χ0) is 15.8. The number of rotatable bonds is 2. The molecule has 1 saturated carbocycles. The zero-order valence-electron chi connectivity index (χ0n) is 13.0. The number of halogens is 1. The van der Waals surface area contributed by atoms with Crippen LogP contribution in [0.4, 0.5) is 0 Å². The van der Waals surface area contributed by atoms with Gasteiger partial charge in [-0.1, -0.05) is 25.4 Å². The van der Waals surface area contributed by atoms with Crippen LogP contribution in [-0.2, 0) is 9.53 Å². The molecule has 0 spiro atoms. The van der Waals surface area contributed by atoms with Crippen LogP contribution in [0.1, 0.15) is 44.7 Å². The van der Waals surface area contributed by atoms with E-state index in [0.29, 0.717) is 17.7 Å². The first-order chi connectivity index (χ1) is 10.2. The van der Waals surface area contributed by atoms with Crippen LogP contribution in [0.2, 0.25) is 5.15 Å². The Balaban J connectivity index is 0.000000322. The molecular weight excluding hydrogens is 290 g/mol. The normalized spacial score (nSPS) is 13.4. The molecule has 0 amide bonds. The van der Waals surface area contributed by atoms with Crippen molar-refractivity contribution in [2.75, 3.05) is 7.11 Å². The summed E-state index contributed by atoms with van der Waals surface area (Å²) in [7, 11) is 1.31. The standard InChI is InChI=1S/C11H12ClN3.C2H4O2.C2H6/c1-7-5-15(8-3-2-4-8)11-9(7)10(12)13-6-14-11;1-4-2-3;1-2/h5-6,8H,2-4H2,1H3;2H,1H3;1-2H3. The summed E-state index contributed by atoms with van der Waals surface area (Å²) in [6, 6.07) is 0.618. The van der Waals surface area contributed by atoms with Gasteiger partial charge in [-0.15, -0.1) is 0 Å². The van der Waals surface area contributed by atoms with E-state index >= 15 is 0 Å². The number of aromatic nitrogens is 3. The molecule has 0 saturated heterocycles. The Morgan fingerprint density at radius 3 is 2.48 bits per heavy atom. The lowest BCUT2D eigenvalue weighted by Crippen LogP contribution is -2.16. The van der Waals surface area contributed by atoms with Gasteiger partial charge < -0.3 is 9.30 Å². The van der Waals surface area contributed by atoms with Gasteiger partial charge in [0.25, 0.3) is 6.47 Å². The van der Waals surface area contributed by atoms with Crippen molar-refractivity contribution in [3.63, 3.8) is 0 Å². The van der Waals surface area contributed by atoms with Gasteiger partial charge in [0.2, 0.25) is 0 Å². The second kappa shape index (κ2) is 8.62. The van der Waals surface area contributed by atoms with Crippen LogP contribution in [0.25, 0.3) is 11.0 Å². The first-order valence-electron chi connectivity index (χ1n) is 7.13. The van der Waals surface area contributed by atoms with E-state index in [9.17, 15) is 0 Å². The predicted octanol–water partition coefficient (Wildman–Crippen LogP) is 3.93. The van der Waals surface area contributed by atoms with Crippen LogP contribution in [-0.4, -0.2) is 28.1 Å². The molecule has 0 radical (unpaired) electrons. The van der Waals surface area contributed by atoms with Crippen molar-refractivity contribution in [3.05, 3.63) is 23.2 Å². The summed E-state index contributed by atoms with van der Waals surface area (Å²) in [5.74, 6) is 0. The molecule has 3 rings (SSSR count).